The maximum absolute atomic E-state index is 12.4. The molecule has 2 aromatic rings. The first kappa shape index (κ1) is 15.3. The van der Waals surface area contributed by atoms with Crippen molar-refractivity contribution in [2.75, 3.05) is 0 Å². The Morgan fingerprint density at radius 1 is 1.41 bits per heavy atom. The molecule has 1 aromatic heterocycles. The van der Waals surface area contributed by atoms with Crippen molar-refractivity contribution in [2.45, 2.75) is 38.6 Å². The summed E-state index contributed by atoms with van der Waals surface area (Å²) in [6.45, 7) is 0.401. The molecule has 0 aliphatic heterocycles. The number of carbonyl (C=O) groups excluding carboxylic acids is 1. The second-order valence-electron chi connectivity index (χ2n) is 5.57. The van der Waals surface area contributed by atoms with Gasteiger partial charge in [0.2, 0.25) is 0 Å². The molecule has 0 radical (unpaired) electrons. The normalized spacial score (nSPS) is 16.8. The molecule has 0 N–H and O–H groups in total. The molecule has 0 atom stereocenters. The first-order valence-electron chi connectivity index (χ1n) is 7.50. The number of hydrogen-bond acceptors (Lipinski definition) is 2. The summed E-state index contributed by atoms with van der Waals surface area (Å²) >= 11 is 7.51. The van der Waals surface area contributed by atoms with Gasteiger partial charge in [0, 0.05) is 10.9 Å². The van der Waals surface area contributed by atoms with Crippen molar-refractivity contribution in [1.29, 1.82) is 0 Å². The molecule has 1 aliphatic carbocycles. The molecule has 1 aliphatic rings. The van der Waals surface area contributed by atoms with Crippen LogP contribution >= 0.6 is 22.9 Å². The van der Waals surface area contributed by atoms with Gasteiger partial charge in [-0.15, -0.1) is 6.42 Å². The van der Waals surface area contributed by atoms with E-state index in [0.29, 0.717) is 16.4 Å². The molecule has 5 heteroatoms. The Kier molecular flexibility index (Phi) is 4.66. The lowest BCUT2D eigenvalue weighted by Crippen LogP contribution is -2.21. The van der Waals surface area contributed by atoms with Crippen LogP contribution in [0.4, 0.5) is 0 Å². The minimum absolute atomic E-state index is 0.0110. The molecule has 0 unspecified atom stereocenters. The molecule has 0 spiro atoms. The lowest BCUT2D eigenvalue weighted by atomic mass is 9.89. The maximum atomic E-state index is 12.4. The number of thiazole rings is 1. The van der Waals surface area contributed by atoms with Crippen molar-refractivity contribution in [3.8, 4) is 12.3 Å². The van der Waals surface area contributed by atoms with E-state index in [2.05, 4.69) is 10.9 Å². The number of terminal acetylenes is 1. The Hall–Kier alpha value is -1.57. The summed E-state index contributed by atoms with van der Waals surface area (Å²) in [6.07, 6.45) is 10.8. The lowest BCUT2D eigenvalue weighted by molar-refractivity contribution is -0.122. The summed E-state index contributed by atoms with van der Waals surface area (Å²) in [5, 5.41) is 0.673. The van der Waals surface area contributed by atoms with Crippen LogP contribution in [0.25, 0.3) is 10.2 Å². The molecule has 1 saturated carbocycles. The van der Waals surface area contributed by atoms with Crippen LogP contribution < -0.4 is 4.80 Å². The van der Waals surface area contributed by atoms with Crippen molar-refractivity contribution in [3.05, 3.63) is 28.0 Å². The smallest absolute Gasteiger partial charge is 0.251 e. The van der Waals surface area contributed by atoms with Crippen molar-refractivity contribution in [1.82, 2.24) is 4.57 Å². The maximum Gasteiger partial charge on any atom is 0.251 e. The molecule has 1 aromatic carbocycles. The van der Waals surface area contributed by atoms with Gasteiger partial charge in [-0.25, -0.2) is 0 Å². The van der Waals surface area contributed by atoms with Gasteiger partial charge in [0.25, 0.3) is 5.91 Å². The van der Waals surface area contributed by atoms with E-state index in [0.717, 1.165) is 35.9 Å². The number of amides is 1. The molecule has 0 saturated heterocycles. The molecule has 1 fully saturated rings. The number of carbonyl (C=O) groups is 1. The number of benzene rings is 1. The zero-order valence-corrected chi connectivity index (χ0v) is 13.8. The van der Waals surface area contributed by atoms with Crippen molar-refractivity contribution in [3.63, 3.8) is 0 Å². The van der Waals surface area contributed by atoms with Crippen LogP contribution in [0.5, 0.6) is 0 Å². The van der Waals surface area contributed by atoms with Crippen LogP contribution in [0.1, 0.15) is 32.1 Å². The van der Waals surface area contributed by atoms with E-state index in [1.165, 1.54) is 17.8 Å². The summed E-state index contributed by atoms with van der Waals surface area (Å²) < 4.78 is 2.91. The van der Waals surface area contributed by atoms with Gasteiger partial charge in [-0.2, -0.15) is 4.99 Å². The minimum atomic E-state index is -0.0110. The van der Waals surface area contributed by atoms with Gasteiger partial charge < -0.3 is 4.57 Å². The van der Waals surface area contributed by atoms with E-state index in [-0.39, 0.29) is 11.8 Å². The largest absolute Gasteiger partial charge is 0.305 e. The van der Waals surface area contributed by atoms with Crippen molar-refractivity contribution >= 4 is 39.1 Å². The topological polar surface area (TPSA) is 34.4 Å². The van der Waals surface area contributed by atoms with Crippen LogP contribution in [0.15, 0.2) is 23.2 Å². The number of nitrogens with zero attached hydrogens (tertiary/aromatic N) is 2. The Bertz CT molecular complexity index is 806. The van der Waals surface area contributed by atoms with E-state index in [4.69, 9.17) is 18.0 Å². The van der Waals surface area contributed by atoms with Gasteiger partial charge >= 0.3 is 0 Å². The van der Waals surface area contributed by atoms with E-state index in [9.17, 15) is 4.79 Å². The fourth-order valence-corrected chi connectivity index (χ4v) is 4.22. The third-order valence-corrected chi connectivity index (χ3v) is 5.33. The molecule has 1 heterocycles. The first-order valence-corrected chi connectivity index (χ1v) is 8.69. The SMILES string of the molecule is C#CCn1c(=NC(=O)C2CCCCC2)sc2cc(Cl)ccc21. The molecule has 3 nitrogen and oxygen atoms in total. The van der Waals surface area contributed by atoms with Gasteiger partial charge in [-0.3, -0.25) is 4.79 Å². The van der Waals surface area contributed by atoms with Gasteiger partial charge in [-0.1, -0.05) is 48.1 Å². The van der Waals surface area contributed by atoms with E-state index < -0.39 is 0 Å². The number of hydrogen-bond donors (Lipinski definition) is 0. The molecule has 1 amide bonds. The average molecular weight is 333 g/mol. The predicted molar refractivity (Wildman–Crippen MR) is 90.8 cm³/mol. The highest BCUT2D eigenvalue weighted by molar-refractivity contribution is 7.16. The number of fused-ring (bicyclic) bond motifs is 1. The zero-order chi connectivity index (χ0) is 15.5. The Morgan fingerprint density at radius 2 is 2.18 bits per heavy atom. The summed E-state index contributed by atoms with van der Waals surface area (Å²) in [6, 6.07) is 5.64. The van der Waals surface area contributed by atoms with Crippen LogP contribution in [0, 0.1) is 18.3 Å². The number of aromatic nitrogens is 1. The fourth-order valence-electron chi connectivity index (χ4n) is 2.91. The van der Waals surface area contributed by atoms with Crippen LogP contribution in [-0.2, 0) is 11.3 Å². The zero-order valence-electron chi connectivity index (χ0n) is 12.2. The minimum Gasteiger partial charge on any atom is -0.305 e. The highest BCUT2D eigenvalue weighted by Crippen LogP contribution is 2.25. The van der Waals surface area contributed by atoms with Crippen LogP contribution in [-0.4, -0.2) is 10.5 Å². The summed E-state index contributed by atoms with van der Waals surface area (Å²) in [7, 11) is 0. The van der Waals surface area contributed by atoms with Crippen molar-refractivity contribution < 1.29 is 4.79 Å². The third kappa shape index (κ3) is 3.11. The molecule has 22 heavy (non-hydrogen) atoms. The van der Waals surface area contributed by atoms with E-state index >= 15 is 0 Å². The highest BCUT2D eigenvalue weighted by atomic mass is 35.5. The average Bonchev–Trinajstić information content (AvgIpc) is 2.85. The Balaban J connectivity index is 2.04. The van der Waals surface area contributed by atoms with Crippen LogP contribution in [0.3, 0.4) is 0 Å². The fraction of sp³-hybridized carbons (Fsp3) is 0.412. The standard InChI is InChI=1S/C17H17ClN2OS/c1-2-10-20-14-9-8-13(18)11-15(14)22-17(20)19-16(21)12-6-4-3-5-7-12/h1,8-9,11-12H,3-7,10H2. The Labute approximate surface area is 138 Å². The van der Waals surface area contributed by atoms with E-state index in [1.54, 1.807) is 0 Å². The summed E-state index contributed by atoms with van der Waals surface area (Å²) in [5.74, 6) is 2.70. The molecular weight excluding hydrogens is 316 g/mol. The second kappa shape index (κ2) is 6.68. The van der Waals surface area contributed by atoms with Crippen LogP contribution in [0.2, 0.25) is 5.02 Å². The molecular formula is C17H17ClN2OS. The number of halogens is 1. The molecule has 114 valence electrons. The quantitative estimate of drug-likeness (QED) is 0.765. The number of rotatable bonds is 2. The summed E-state index contributed by atoms with van der Waals surface area (Å²) in [4.78, 5) is 17.5. The van der Waals surface area contributed by atoms with E-state index in [1.807, 2.05) is 22.8 Å². The molecule has 0 bridgehead atoms. The Morgan fingerprint density at radius 3 is 2.91 bits per heavy atom. The van der Waals surface area contributed by atoms with Gasteiger partial charge in [0.1, 0.15) is 0 Å². The van der Waals surface area contributed by atoms with Gasteiger partial charge in [0.15, 0.2) is 4.80 Å². The monoisotopic (exact) mass is 332 g/mol. The predicted octanol–water partition coefficient (Wildman–Crippen LogP) is 4.00. The lowest BCUT2D eigenvalue weighted by Gasteiger charge is -2.17. The summed E-state index contributed by atoms with van der Waals surface area (Å²) in [5.41, 5.74) is 0.975. The first-order chi connectivity index (χ1) is 10.7. The third-order valence-electron chi connectivity index (χ3n) is 4.05. The van der Waals surface area contributed by atoms with Crippen molar-refractivity contribution in [2.24, 2.45) is 10.9 Å². The van der Waals surface area contributed by atoms with Gasteiger partial charge in [-0.05, 0) is 31.0 Å². The second-order valence-corrected chi connectivity index (χ2v) is 7.02. The van der Waals surface area contributed by atoms with Gasteiger partial charge in [0.05, 0.1) is 16.8 Å². The highest BCUT2D eigenvalue weighted by Gasteiger charge is 2.21. The molecule has 3 rings (SSSR count).